The normalized spacial score (nSPS) is 24.5. The van der Waals surface area contributed by atoms with Gasteiger partial charge in [-0.15, -0.1) is 0 Å². The van der Waals surface area contributed by atoms with Gasteiger partial charge in [0, 0.05) is 11.5 Å². The Hall–Kier alpha value is -3.40. The molecular formula is C25H20O4. The van der Waals surface area contributed by atoms with Crippen molar-refractivity contribution in [2.75, 3.05) is 7.11 Å². The standard InChI is InChI=1S/C25H20O4/c1-28-17-13-11-15(12-14-17)20-22-21(23(26)16-7-3-2-4-8-16)18-9-5-6-10-19(18)24(20)29-25(22)27/h2-14,20-22,24H,1H3/t20-,21+,22+,24-/m1/s1. The molecule has 1 heterocycles. The van der Waals surface area contributed by atoms with Gasteiger partial charge in [-0.1, -0.05) is 66.7 Å². The average Bonchev–Trinajstić information content (AvgIpc) is 3.05. The van der Waals surface area contributed by atoms with Crippen LogP contribution in [0.2, 0.25) is 0 Å². The van der Waals surface area contributed by atoms with Gasteiger partial charge in [0.25, 0.3) is 0 Å². The van der Waals surface area contributed by atoms with E-state index in [-0.39, 0.29) is 23.8 Å². The molecule has 4 heteroatoms. The summed E-state index contributed by atoms with van der Waals surface area (Å²) in [4.78, 5) is 26.5. The van der Waals surface area contributed by atoms with Crippen molar-refractivity contribution in [2.24, 2.45) is 5.92 Å². The fourth-order valence-electron chi connectivity index (χ4n) is 4.75. The minimum atomic E-state index is -0.563. The molecule has 29 heavy (non-hydrogen) atoms. The molecule has 5 rings (SSSR count). The zero-order valence-electron chi connectivity index (χ0n) is 15.9. The van der Waals surface area contributed by atoms with Gasteiger partial charge in [-0.05, 0) is 28.8 Å². The first-order valence-corrected chi connectivity index (χ1v) is 9.71. The van der Waals surface area contributed by atoms with Gasteiger partial charge in [0.15, 0.2) is 5.78 Å². The molecule has 0 radical (unpaired) electrons. The maximum absolute atomic E-state index is 13.5. The lowest BCUT2D eigenvalue weighted by Crippen LogP contribution is -2.33. The third-order valence-electron chi connectivity index (χ3n) is 6.07. The number of hydrogen-bond donors (Lipinski definition) is 0. The van der Waals surface area contributed by atoms with E-state index in [1.807, 2.05) is 66.7 Å². The lowest BCUT2D eigenvalue weighted by atomic mass is 9.65. The fourth-order valence-corrected chi connectivity index (χ4v) is 4.75. The Kier molecular flexibility index (Phi) is 4.20. The summed E-state index contributed by atoms with van der Waals surface area (Å²) >= 11 is 0. The van der Waals surface area contributed by atoms with Gasteiger partial charge >= 0.3 is 5.97 Å². The molecule has 144 valence electrons. The van der Waals surface area contributed by atoms with Crippen molar-refractivity contribution in [2.45, 2.75) is 17.9 Å². The van der Waals surface area contributed by atoms with E-state index in [0.717, 1.165) is 22.4 Å². The quantitative estimate of drug-likeness (QED) is 0.484. The number of rotatable bonds is 4. The Bertz CT molecular complexity index is 1070. The molecule has 1 aliphatic carbocycles. The minimum absolute atomic E-state index is 0.0427. The molecular weight excluding hydrogens is 364 g/mol. The molecule has 0 aromatic heterocycles. The number of carbonyl (C=O) groups excluding carboxylic acids is 2. The summed E-state index contributed by atoms with van der Waals surface area (Å²) in [6, 6.07) is 24.6. The highest BCUT2D eigenvalue weighted by atomic mass is 16.6. The molecule has 0 unspecified atom stereocenters. The van der Waals surface area contributed by atoms with Crippen LogP contribution < -0.4 is 4.74 Å². The number of methoxy groups -OCH3 is 1. The zero-order chi connectivity index (χ0) is 20.0. The highest BCUT2D eigenvalue weighted by Gasteiger charge is 2.56. The van der Waals surface area contributed by atoms with E-state index >= 15 is 0 Å². The van der Waals surface area contributed by atoms with Gasteiger partial charge in [-0.3, -0.25) is 9.59 Å². The van der Waals surface area contributed by atoms with Gasteiger partial charge < -0.3 is 9.47 Å². The molecule has 3 aromatic rings. The predicted octanol–water partition coefficient (Wildman–Crippen LogP) is 4.67. The van der Waals surface area contributed by atoms with Crippen molar-refractivity contribution in [3.63, 3.8) is 0 Å². The summed E-state index contributed by atoms with van der Waals surface area (Å²) in [5, 5.41) is 0. The third kappa shape index (κ3) is 2.75. The summed E-state index contributed by atoms with van der Waals surface area (Å²) in [6.07, 6.45) is -0.378. The number of ketones is 1. The van der Waals surface area contributed by atoms with Crippen LogP contribution in [0.1, 0.15) is 45.0 Å². The fraction of sp³-hybridized carbons (Fsp3) is 0.200. The van der Waals surface area contributed by atoms with Crippen molar-refractivity contribution in [1.29, 1.82) is 0 Å². The van der Waals surface area contributed by atoms with Crippen molar-refractivity contribution in [1.82, 2.24) is 0 Å². The number of fused-ring (bicyclic) bond motifs is 4. The summed E-state index contributed by atoms with van der Waals surface area (Å²) in [6.45, 7) is 0. The number of ether oxygens (including phenoxy) is 2. The topological polar surface area (TPSA) is 52.6 Å². The van der Waals surface area contributed by atoms with Crippen LogP contribution in [0.3, 0.4) is 0 Å². The van der Waals surface area contributed by atoms with E-state index in [1.54, 1.807) is 19.2 Å². The first-order chi connectivity index (χ1) is 14.2. The molecule has 2 aliphatic rings. The van der Waals surface area contributed by atoms with Crippen molar-refractivity contribution >= 4 is 11.8 Å². The Morgan fingerprint density at radius 2 is 1.48 bits per heavy atom. The van der Waals surface area contributed by atoms with E-state index in [4.69, 9.17) is 9.47 Å². The molecule has 4 nitrogen and oxygen atoms in total. The van der Waals surface area contributed by atoms with E-state index in [2.05, 4.69) is 0 Å². The summed E-state index contributed by atoms with van der Waals surface area (Å²) in [7, 11) is 1.62. The minimum Gasteiger partial charge on any atom is -0.497 e. The van der Waals surface area contributed by atoms with Crippen LogP contribution in [0.5, 0.6) is 5.75 Å². The Morgan fingerprint density at radius 3 is 2.17 bits per heavy atom. The van der Waals surface area contributed by atoms with Crippen molar-refractivity contribution in [3.8, 4) is 5.75 Å². The lowest BCUT2D eigenvalue weighted by Gasteiger charge is -2.34. The average molecular weight is 384 g/mol. The lowest BCUT2D eigenvalue weighted by molar-refractivity contribution is -0.144. The zero-order valence-corrected chi connectivity index (χ0v) is 15.9. The second kappa shape index (κ2) is 6.89. The van der Waals surface area contributed by atoms with Gasteiger partial charge in [0.05, 0.1) is 18.9 Å². The highest BCUT2D eigenvalue weighted by Crippen LogP contribution is 2.57. The highest BCUT2D eigenvalue weighted by molar-refractivity contribution is 6.04. The Morgan fingerprint density at radius 1 is 0.828 bits per heavy atom. The van der Waals surface area contributed by atoms with E-state index in [1.165, 1.54) is 0 Å². The Labute approximate surface area is 169 Å². The van der Waals surface area contributed by atoms with Crippen LogP contribution in [0.4, 0.5) is 0 Å². The molecule has 3 aromatic carbocycles. The summed E-state index contributed by atoms with van der Waals surface area (Å²) in [5.41, 5.74) is 3.41. The second-order valence-corrected chi connectivity index (χ2v) is 7.52. The monoisotopic (exact) mass is 384 g/mol. The van der Waals surface area contributed by atoms with E-state index in [9.17, 15) is 9.59 Å². The molecule has 0 N–H and O–H groups in total. The summed E-state index contributed by atoms with van der Waals surface area (Å²) in [5.74, 6) is -0.912. The number of hydrogen-bond acceptors (Lipinski definition) is 4. The molecule has 0 saturated carbocycles. The number of benzene rings is 3. The second-order valence-electron chi connectivity index (χ2n) is 7.52. The predicted molar refractivity (Wildman–Crippen MR) is 108 cm³/mol. The molecule has 4 atom stereocenters. The van der Waals surface area contributed by atoms with Crippen LogP contribution in [0, 0.1) is 5.92 Å². The first kappa shape index (κ1) is 17.7. The van der Waals surface area contributed by atoms with E-state index < -0.39 is 11.8 Å². The number of Topliss-reactive ketones (excluding diaryl/α,β-unsaturated/α-hetero) is 1. The van der Waals surface area contributed by atoms with Crippen LogP contribution in [0.15, 0.2) is 78.9 Å². The largest absolute Gasteiger partial charge is 0.497 e. The molecule has 0 spiro atoms. The van der Waals surface area contributed by atoms with Crippen molar-refractivity contribution < 1.29 is 19.1 Å². The van der Waals surface area contributed by atoms with Gasteiger partial charge in [-0.2, -0.15) is 0 Å². The number of esters is 1. The van der Waals surface area contributed by atoms with Gasteiger partial charge in [-0.25, -0.2) is 0 Å². The maximum atomic E-state index is 13.5. The van der Waals surface area contributed by atoms with Crippen LogP contribution in [-0.4, -0.2) is 18.9 Å². The van der Waals surface area contributed by atoms with Crippen LogP contribution >= 0.6 is 0 Å². The van der Waals surface area contributed by atoms with Gasteiger partial charge in [0.1, 0.15) is 11.9 Å². The molecule has 2 bridgehead atoms. The van der Waals surface area contributed by atoms with Crippen LogP contribution in [-0.2, 0) is 9.53 Å². The number of carbonyl (C=O) groups is 2. The smallest absolute Gasteiger partial charge is 0.311 e. The maximum Gasteiger partial charge on any atom is 0.311 e. The molecule has 1 aliphatic heterocycles. The first-order valence-electron chi connectivity index (χ1n) is 9.71. The summed E-state index contributed by atoms with van der Waals surface area (Å²) < 4.78 is 11.1. The molecule has 1 saturated heterocycles. The van der Waals surface area contributed by atoms with Crippen molar-refractivity contribution in [3.05, 3.63) is 101 Å². The molecule has 1 fully saturated rings. The SMILES string of the molecule is COc1ccc([C@@H]2[C@@H]3C(=O)O[C@@H]2c2ccccc2[C@@H]3C(=O)c2ccccc2)cc1. The molecule has 0 amide bonds. The van der Waals surface area contributed by atoms with E-state index in [0.29, 0.717) is 5.56 Å². The van der Waals surface area contributed by atoms with Crippen LogP contribution in [0.25, 0.3) is 0 Å². The Balaban J connectivity index is 1.66. The van der Waals surface area contributed by atoms with Gasteiger partial charge in [0.2, 0.25) is 0 Å². The third-order valence-corrected chi connectivity index (χ3v) is 6.07.